The van der Waals surface area contributed by atoms with Crippen LogP contribution >= 0.6 is 11.3 Å². The van der Waals surface area contributed by atoms with Gasteiger partial charge in [0.1, 0.15) is 0 Å². The van der Waals surface area contributed by atoms with Crippen LogP contribution in [0.5, 0.6) is 0 Å². The molecule has 0 radical (unpaired) electrons. The van der Waals surface area contributed by atoms with Crippen LogP contribution in [0, 0.1) is 0 Å². The number of nitrogen functional groups attached to an aromatic ring is 1. The van der Waals surface area contributed by atoms with Crippen LogP contribution in [-0.4, -0.2) is 14.8 Å². The fourth-order valence-corrected chi connectivity index (χ4v) is 2.13. The summed E-state index contributed by atoms with van der Waals surface area (Å²) in [5, 5.41) is 4.97. The SMILES string of the molecule is CCc1nn(C)cc1-c1cnc(N)s1. The van der Waals surface area contributed by atoms with Gasteiger partial charge in [0.05, 0.1) is 10.6 Å². The maximum absolute atomic E-state index is 5.59. The van der Waals surface area contributed by atoms with E-state index in [-0.39, 0.29) is 0 Å². The Labute approximate surface area is 86.4 Å². The molecule has 2 heterocycles. The highest BCUT2D eigenvalue weighted by Crippen LogP contribution is 2.29. The monoisotopic (exact) mass is 208 g/mol. The molecule has 0 spiro atoms. The van der Waals surface area contributed by atoms with Crippen molar-refractivity contribution in [3.05, 3.63) is 18.1 Å². The van der Waals surface area contributed by atoms with Crippen LogP contribution in [0.2, 0.25) is 0 Å². The Bertz CT molecular complexity index is 443. The second-order valence-corrected chi connectivity index (χ2v) is 4.14. The first-order chi connectivity index (χ1) is 6.70. The maximum Gasteiger partial charge on any atom is 0.180 e. The molecule has 0 aromatic carbocycles. The quantitative estimate of drug-likeness (QED) is 0.817. The molecule has 0 saturated carbocycles. The Morgan fingerprint density at radius 2 is 2.36 bits per heavy atom. The van der Waals surface area contributed by atoms with Gasteiger partial charge in [0.15, 0.2) is 5.13 Å². The fraction of sp³-hybridized carbons (Fsp3) is 0.333. The lowest BCUT2D eigenvalue weighted by Gasteiger charge is -1.92. The average Bonchev–Trinajstić information content (AvgIpc) is 2.71. The molecular formula is C9H12N4S. The van der Waals surface area contributed by atoms with Gasteiger partial charge in [0, 0.05) is 25.0 Å². The standard InChI is InChI=1S/C9H12N4S/c1-3-7-6(5-13(2)12-7)8-4-11-9(10)14-8/h4-5H,3H2,1-2H3,(H2,10,11). The predicted octanol–water partition coefficient (Wildman–Crippen LogP) is 1.69. The molecule has 0 atom stereocenters. The Balaban J connectivity index is 2.49. The summed E-state index contributed by atoms with van der Waals surface area (Å²) in [5.74, 6) is 0. The molecule has 5 heteroatoms. The van der Waals surface area contributed by atoms with Crippen molar-refractivity contribution in [1.82, 2.24) is 14.8 Å². The smallest absolute Gasteiger partial charge is 0.180 e. The van der Waals surface area contributed by atoms with Gasteiger partial charge >= 0.3 is 0 Å². The first kappa shape index (κ1) is 9.21. The van der Waals surface area contributed by atoms with E-state index < -0.39 is 0 Å². The summed E-state index contributed by atoms with van der Waals surface area (Å²) >= 11 is 1.50. The highest BCUT2D eigenvalue weighted by molar-refractivity contribution is 7.18. The summed E-state index contributed by atoms with van der Waals surface area (Å²) in [6, 6.07) is 0. The molecule has 0 aliphatic heterocycles. The largest absolute Gasteiger partial charge is 0.375 e. The van der Waals surface area contributed by atoms with Crippen LogP contribution in [0.15, 0.2) is 12.4 Å². The first-order valence-electron chi connectivity index (χ1n) is 4.45. The number of aryl methyl sites for hydroxylation is 2. The molecule has 0 aliphatic rings. The van der Waals surface area contributed by atoms with Crippen molar-refractivity contribution in [2.24, 2.45) is 7.05 Å². The third-order valence-electron chi connectivity index (χ3n) is 2.03. The molecule has 2 aromatic rings. The van der Waals surface area contributed by atoms with Crippen LogP contribution in [0.1, 0.15) is 12.6 Å². The molecule has 0 bridgehead atoms. The zero-order chi connectivity index (χ0) is 10.1. The number of anilines is 1. The van der Waals surface area contributed by atoms with Crippen LogP contribution in [0.3, 0.4) is 0 Å². The second-order valence-electron chi connectivity index (χ2n) is 3.08. The third-order valence-corrected chi connectivity index (χ3v) is 2.89. The maximum atomic E-state index is 5.59. The van der Waals surface area contributed by atoms with Gasteiger partial charge < -0.3 is 5.73 Å². The van der Waals surface area contributed by atoms with Crippen molar-refractivity contribution >= 4 is 16.5 Å². The summed E-state index contributed by atoms with van der Waals surface area (Å²) in [7, 11) is 1.92. The average molecular weight is 208 g/mol. The zero-order valence-corrected chi connectivity index (χ0v) is 9.01. The van der Waals surface area contributed by atoms with E-state index in [1.165, 1.54) is 11.3 Å². The van der Waals surface area contributed by atoms with E-state index >= 15 is 0 Å². The van der Waals surface area contributed by atoms with Gasteiger partial charge in [-0.25, -0.2) is 4.98 Å². The molecule has 2 N–H and O–H groups in total. The van der Waals surface area contributed by atoms with Gasteiger partial charge in [-0.15, -0.1) is 0 Å². The lowest BCUT2D eigenvalue weighted by molar-refractivity contribution is 0.746. The van der Waals surface area contributed by atoms with Crippen LogP contribution in [0.25, 0.3) is 10.4 Å². The summed E-state index contributed by atoms with van der Waals surface area (Å²) in [6.45, 7) is 2.09. The number of aromatic nitrogens is 3. The Kier molecular flexibility index (Phi) is 2.25. The Morgan fingerprint density at radius 1 is 1.57 bits per heavy atom. The lowest BCUT2D eigenvalue weighted by atomic mass is 10.2. The molecule has 2 rings (SSSR count). The number of nitrogens with zero attached hydrogens (tertiary/aromatic N) is 3. The van der Waals surface area contributed by atoms with Crippen molar-refractivity contribution in [2.45, 2.75) is 13.3 Å². The van der Waals surface area contributed by atoms with Gasteiger partial charge in [0.2, 0.25) is 0 Å². The first-order valence-corrected chi connectivity index (χ1v) is 5.26. The molecule has 74 valence electrons. The van der Waals surface area contributed by atoms with Crippen LogP contribution in [-0.2, 0) is 13.5 Å². The molecule has 0 aliphatic carbocycles. The van der Waals surface area contributed by atoms with Crippen molar-refractivity contribution in [2.75, 3.05) is 5.73 Å². The number of hydrogen-bond acceptors (Lipinski definition) is 4. The van der Waals surface area contributed by atoms with Gasteiger partial charge in [-0.05, 0) is 6.42 Å². The van der Waals surface area contributed by atoms with Gasteiger partial charge in [-0.2, -0.15) is 5.10 Å². The summed E-state index contributed by atoms with van der Waals surface area (Å²) < 4.78 is 1.82. The highest BCUT2D eigenvalue weighted by atomic mass is 32.1. The van der Waals surface area contributed by atoms with E-state index in [4.69, 9.17) is 5.73 Å². The second kappa shape index (κ2) is 3.42. The number of thiazole rings is 1. The highest BCUT2D eigenvalue weighted by Gasteiger charge is 2.10. The zero-order valence-electron chi connectivity index (χ0n) is 8.19. The van der Waals surface area contributed by atoms with E-state index in [0.29, 0.717) is 5.13 Å². The van der Waals surface area contributed by atoms with Crippen LogP contribution in [0.4, 0.5) is 5.13 Å². The molecular weight excluding hydrogens is 196 g/mol. The summed E-state index contributed by atoms with van der Waals surface area (Å²) in [6.07, 6.45) is 4.73. The topological polar surface area (TPSA) is 56.7 Å². The summed E-state index contributed by atoms with van der Waals surface area (Å²) in [4.78, 5) is 5.13. The minimum atomic E-state index is 0.603. The molecule has 0 fully saturated rings. The third kappa shape index (κ3) is 1.50. The van der Waals surface area contributed by atoms with Crippen molar-refractivity contribution in [1.29, 1.82) is 0 Å². The lowest BCUT2D eigenvalue weighted by Crippen LogP contribution is -1.88. The van der Waals surface area contributed by atoms with Gasteiger partial charge in [-0.1, -0.05) is 18.3 Å². The van der Waals surface area contributed by atoms with E-state index in [1.807, 2.05) is 17.9 Å². The van der Waals surface area contributed by atoms with Gasteiger partial charge in [-0.3, -0.25) is 4.68 Å². The molecule has 0 saturated heterocycles. The van der Waals surface area contributed by atoms with Crippen molar-refractivity contribution < 1.29 is 0 Å². The fourth-order valence-electron chi connectivity index (χ4n) is 1.41. The molecule has 0 unspecified atom stereocenters. The Hall–Kier alpha value is -1.36. The number of hydrogen-bond donors (Lipinski definition) is 1. The van der Waals surface area contributed by atoms with E-state index in [1.54, 1.807) is 6.20 Å². The minimum Gasteiger partial charge on any atom is -0.375 e. The van der Waals surface area contributed by atoms with Gasteiger partial charge in [0.25, 0.3) is 0 Å². The van der Waals surface area contributed by atoms with Crippen molar-refractivity contribution in [3.63, 3.8) is 0 Å². The summed E-state index contributed by atoms with van der Waals surface area (Å²) in [5.41, 5.74) is 7.83. The number of rotatable bonds is 2. The minimum absolute atomic E-state index is 0.603. The normalized spacial score (nSPS) is 10.7. The molecule has 2 aromatic heterocycles. The van der Waals surface area contributed by atoms with E-state index in [9.17, 15) is 0 Å². The number of nitrogens with two attached hydrogens (primary N) is 1. The van der Waals surface area contributed by atoms with Crippen LogP contribution < -0.4 is 5.73 Å². The van der Waals surface area contributed by atoms with E-state index in [0.717, 1.165) is 22.6 Å². The molecule has 4 nitrogen and oxygen atoms in total. The van der Waals surface area contributed by atoms with E-state index in [2.05, 4.69) is 17.0 Å². The molecule has 14 heavy (non-hydrogen) atoms. The van der Waals surface area contributed by atoms with Crippen molar-refractivity contribution in [3.8, 4) is 10.4 Å². The predicted molar refractivity (Wildman–Crippen MR) is 58.1 cm³/mol. The Morgan fingerprint density at radius 3 is 2.93 bits per heavy atom. The molecule has 0 amide bonds.